The summed E-state index contributed by atoms with van der Waals surface area (Å²) >= 11 is 5.83. The highest BCUT2D eigenvalue weighted by Crippen LogP contribution is 2.38. The topological polar surface area (TPSA) is 55.1 Å². The molecule has 0 radical (unpaired) electrons. The minimum absolute atomic E-state index is 0.0785. The lowest BCUT2D eigenvalue weighted by Gasteiger charge is -2.29. The fourth-order valence-corrected chi connectivity index (χ4v) is 2.46. The number of rotatable bonds is 6. The Balaban J connectivity index is 1.82. The first-order valence-electron chi connectivity index (χ1n) is 6.79. The quantitative estimate of drug-likeness (QED) is 0.841. The van der Waals surface area contributed by atoms with Crippen molar-refractivity contribution in [2.75, 3.05) is 6.54 Å². The zero-order valence-corrected chi connectivity index (χ0v) is 12.0. The van der Waals surface area contributed by atoms with Gasteiger partial charge in [-0.2, -0.15) is 0 Å². The van der Waals surface area contributed by atoms with Crippen molar-refractivity contribution < 1.29 is 4.79 Å². The molecule has 0 saturated heterocycles. The van der Waals surface area contributed by atoms with Gasteiger partial charge < -0.3 is 11.1 Å². The van der Waals surface area contributed by atoms with Crippen molar-refractivity contribution in [2.45, 2.75) is 38.1 Å². The third-order valence-corrected chi connectivity index (χ3v) is 4.13. The van der Waals surface area contributed by atoms with Crippen LogP contribution in [0, 0.1) is 5.92 Å². The number of carbonyl (C=O) groups is 1. The first kappa shape index (κ1) is 14.4. The molecule has 1 aromatic carbocycles. The number of hydrogen-bond donors (Lipinski definition) is 2. The molecule has 0 spiro atoms. The highest BCUT2D eigenvalue weighted by atomic mass is 35.5. The van der Waals surface area contributed by atoms with Crippen LogP contribution in [0.4, 0.5) is 0 Å². The van der Waals surface area contributed by atoms with E-state index in [1.807, 2.05) is 31.2 Å². The smallest absolute Gasteiger partial charge is 0.220 e. The predicted molar refractivity (Wildman–Crippen MR) is 78.1 cm³/mol. The molecule has 2 rings (SSSR count). The van der Waals surface area contributed by atoms with Crippen molar-refractivity contribution >= 4 is 17.5 Å². The minimum Gasteiger partial charge on any atom is -0.349 e. The number of hydrogen-bond acceptors (Lipinski definition) is 2. The molecule has 1 aromatic rings. The zero-order valence-electron chi connectivity index (χ0n) is 11.3. The molecule has 0 aromatic heterocycles. The van der Waals surface area contributed by atoms with Crippen LogP contribution < -0.4 is 11.1 Å². The van der Waals surface area contributed by atoms with Crippen LogP contribution in [0.2, 0.25) is 5.02 Å². The summed E-state index contributed by atoms with van der Waals surface area (Å²) in [5.41, 5.74) is 6.69. The molecular weight excluding hydrogens is 260 g/mol. The van der Waals surface area contributed by atoms with Gasteiger partial charge in [0.25, 0.3) is 0 Å². The third-order valence-electron chi connectivity index (χ3n) is 3.88. The summed E-state index contributed by atoms with van der Waals surface area (Å²) in [6, 6.07) is 7.61. The lowest BCUT2D eigenvalue weighted by molar-refractivity contribution is -0.123. The van der Waals surface area contributed by atoms with Crippen LogP contribution >= 0.6 is 11.6 Å². The fraction of sp³-hybridized carbons (Fsp3) is 0.533. The Morgan fingerprint density at radius 2 is 2.05 bits per heavy atom. The molecular formula is C15H21ClN2O. The molecule has 1 amide bonds. The van der Waals surface area contributed by atoms with Crippen molar-refractivity contribution in [3.63, 3.8) is 0 Å². The summed E-state index contributed by atoms with van der Waals surface area (Å²) < 4.78 is 0. The molecule has 1 fully saturated rings. The Bertz CT molecular complexity index is 442. The number of carbonyl (C=O) groups excluding carboxylic acids is 1. The van der Waals surface area contributed by atoms with Gasteiger partial charge in [0.15, 0.2) is 0 Å². The van der Waals surface area contributed by atoms with Crippen molar-refractivity contribution in [2.24, 2.45) is 11.7 Å². The average molecular weight is 281 g/mol. The second-order valence-electron chi connectivity index (χ2n) is 5.57. The van der Waals surface area contributed by atoms with Crippen molar-refractivity contribution in [3.05, 3.63) is 34.9 Å². The Kier molecular flexibility index (Phi) is 4.48. The van der Waals surface area contributed by atoms with Crippen molar-refractivity contribution in [1.29, 1.82) is 0 Å². The second kappa shape index (κ2) is 5.93. The van der Waals surface area contributed by atoms with E-state index in [-0.39, 0.29) is 11.4 Å². The first-order valence-corrected chi connectivity index (χ1v) is 7.17. The molecule has 1 aliphatic carbocycles. The Hall–Kier alpha value is -1.06. The van der Waals surface area contributed by atoms with Crippen LogP contribution in [-0.4, -0.2) is 18.0 Å². The van der Waals surface area contributed by atoms with Gasteiger partial charge in [0, 0.05) is 18.0 Å². The van der Waals surface area contributed by atoms with Gasteiger partial charge in [-0.15, -0.1) is 0 Å². The molecule has 1 unspecified atom stereocenters. The van der Waals surface area contributed by atoms with Crippen molar-refractivity contribution in [3.8, 4) is 0 Å². The SMILES string of the molecule is CC(CN)(NC(=O)CCc1ccc(Cl)cc1)C1CC1. The van der Waals surface area contributed by atoms with E-state index in [0.717, 1.165) is 17.0 Å². The molecule has 1 aliphatic rings. The summed E-state index contributed by atoms with van der Waals surface area (Å²) in [6.45, 7) is 2.55. The second-order valence-corrected chi connectivity index (χ2v) is 6.01. The van der Waals surface area contributed by atoms with Crippen LogP contribution in [0.5, 0.6) is 0 Å². The average Bonchev–Trinajstić information content (AvgIpc) is 3.22. The van der Waals surface area contributed by atoms with Crippen LogP contribution in [0.1, 0.15) is 31.7 Å². The molecule has 1 atom stereocenters. The predicted octanol–water partition coefficient (Wildman–Crippen LogP) is 2.52. The van der Waals surface area contributed by atoms with E-state index in [2.05, 4.69) is 5.32 Å². The summed E-state index contributed by atoms with van der Waals surface area (Å²) in [7, 11) is 0. The summed E-state index contributed by atoms with van der Waals surface area (Å²) in [4.78, 5) is 12.0. The molecule has 104 valence electrons. The third kappa shape index (κ3) is 3.95. The first-order chi connectivity index (χ1) is 9.03. The van der Waals surface area contributed by atoms with Gasteiger partial charge >= 0.3 is 0 Å². The summed E-state index contributed by atoms with van der Waals surface area (Å²) in [5.74, 6) is 0.631. The zero-order chi connectivity index (χ0) is 13.9. The van der Waals surface area contributed by atoms with Crippen LogP contribution in [0.15, 0.2) is 24.3 Å². The van der Waals surface area contributed by atoms with Gasteiger partial charge in [-0.3, -0.25) is 4.79 Å². The Labute approximate surface area is 119 Å². The normalized spacial score (nSPS) is 17.8. The number of halogens is 1. The number of amides is 1. The molecule has 0 aliphatic heterocycles. The van der Waals surface area contributed by atoms with E-state index >= 15 is 0 Å². The van der Waals surface area contributed by atoms with E-state index in [1.54, 1.807) is 0 Å². The van der Waals surface area contributed by atoms with Gasteiger partial charge in [-0.25, -0.2) is 0 Å². The fourth-order valence-electron chi connectivity index (χ4n) is 2.33. The lowest BCUT2D eigenvalue weighted by Crippen LogP contribution is -2.53. The van der Waals surface area contributed by atoms with Crippen molar-refractivity contribution in [1.82, 2.24) is 5.32 Å². The largest absolute Gasteiger partial charge is 0.349 e. The van der Waals surface area contributed by atoms with Gasteiger partial charge in [-0.1, -0.05) is 23.7 Å². The maximum atomic E-state index is 12.0. The number of aryl methyl sites for hydroxylation is 1. The molecule has 0 bridgehead atoms. The van der Waals surface area contributed by atoms with E-state index in [9.17, 15) is 4.79 Å². The standard InChI is InChI=1S/C15H21ClN2O/c1-15(10-17,12-5-6-12)18-14(19)9-4-11-2-7-13(16)8-3-11/h2-3,7-8,12H,4-6,9-10,17H2,1H3,(H,18,19). The van der Waals surface area contributed by atoms with Crippen LogP contribution in [-0.2, 0) is 11.2 Å². The van der Waals surface area contributed by atoms with Gasteiger partial charge in [0.1, 0.15) is 0 Å². The molecule has 19 heavy (non-hydrogen) atoms. The summed E-state index contributed by atoms with van der Waals surface area (Å²) in [6.07, 6.45) is 3.56. The number of nitrogens with two attached hydrogens (primary N) is 1. The monoisotopic (exact) mass is 280 g/mol. The summed E-state index contributed by atoms with van der Waals surface area (Å²) in [5, 5.41) is 3.82. The van der Waals surface area contributed by atoms with Crippen LogP contribution in [0.3, 0.4) is 0 Å². The maximum Gasteiger partial charge on any atom is 0.220 e. The maximum absolute atomic E-state index is 12.0. The molecule has 4 heteroatoms. The highest BCUT2D eigenvalue weighted by molar-refractivity contribution is 6.30. The van der Waals surface area contributed by atoms with Gasteiger partial charge in [-0.05, 0) is 49.8 Å². The van der Waals surface area contributed by atoms with Gasteiger partial charge in [0.2, 0.25) is 5.91 Å². The van der Waals surface area contributed by atoms with Gasteiger partial charge in [0.05, 0.1) is 5.54 Å². The number of nitrogens with one attached hydrogen (secondary N) is 1. The van der Waals surface area contributed by atoms with E-state index < -0.39 is 0 Å². The molecule has 0 heterocycles. The van der Waals surface area contributed by atoms with E-state index in [4.69, 9.17) is 17.3 Å². The highest BCUT2D eigenvalue weighted by Gasteiger charge is 2.41. The lowest BCUT2D eigenvalue weighted by atomic mass is 9.95. The Morgan fingerprint density at radius 3 is 2.58 bits per heavy atom. The Morgan fingerprint density at radius 1 is 1.42 bits per heavy atom. The molecule has 3 N–H and O–H groups in total. The molecule has 1 saturated carbocycles. The molecule has 3 nitrogen and oxygen atoms in total. The van der Waals surface area contributed by atoms with E-state index in [1.165, 1.54) is 12.8 Å². The van der Waals surface area contributed by atoms with E-state index in [0.29, 0.717) is 18.9 Å². The van der Waals surface area contributed by atoms with Crippen LogP contribution in [0.25, 0.3) is 0 Å². The minimum atomic E-state index is -0.225. The number of benzene rings is 1.